The SMILES string of the molecule is C[C@](O)(c1ccc(C(=O)N(C2CC2)C2CCC(CCO)(c3ccccn3)CC2)cc1)C(F)(F)F. The van der Waals surface area contributed by atoms with Gasteiger partial charge >= 0.3 is 6.18 Å². The van der Waals surface area contributed by atoms with Gasteiger partial charge in [0.1, 0.15) is 0 Å². The first-order valence-electron chi connectivity index (χ1n) is 11.8. The van der Waals surface area contributed by atoms with Crippen molar-refractivity contribution in [3.8, 4) is 0 Å². The zero-order valence-electron chi connectivity index (χ0n) is 19.3. The number of carbonyl (C=O) groups excluding carboxylic acids is 1. The van der Waals surface area contributed by atoms with E-state index in [0.29, 0.717) is 18.9 Å². The number of rotatable bonds is 7. The first kappa shape index (κ1) is 24.7. The summed E-state index contributed by atoms with van der Waals surface area (Å²) in [7, 11) is 0. The molecule has 2 saturated carbocycles. The number of pyridine rings is 1. The molecule has 2 aliphatic carbocycles. The molecule has 2 fully saturated rings. The Hall–Kier alpha value is -2.45. The highest BCUT2D eigenvalue weighted by Gasteiger charge is 2.51. The number of aromatic nitrogens is 1. The van der Waals surface area contributed by atoms with Crippen LogP contribution < -0.4 is 0 Å². The fourth-order valence-corrected chi connectivity index (χ4v) is 5.19. The van der Waals surface area contributed by atoms with E-state index in [2.05, 4.69) is 4.98 Å². The third kappa shape index (κ3) is 4.70. The molecule has 0 unspecified atom stereocenters. The van der Waals surface area contributed by atoms with Crippen LogP contribution in [0.15, 0.2) is 48.7 Å². The van der Waals surface area contributed by atoms with Crippen molar-refractivity contribution < 1.29 is 28.2 Å². The fourth-order valence-electron chi connectivity index (χ4n) is 5.19. The minimum atomic E-state index is -4.81. The highest BCUT2D eigenvalue weighted by atomic mass is 19.4. The number of benzene rings is 1. The van der Waals surface area contributed by atoms with Gasteiger partial charge in [0.2, 0.25) is 0 Å². The molecule has 1 aromatic heterocycles. The van der Waals surface area contributed by atoms with Gasteiger partial charge in [-0.05, 0) is 81.7 Å². The lowest BCUT2D eigenvalue weighted by molar-refractivity contribution is -0.258. The van der Waals surface area contributed by atoms with Crippen LogP contribution in [-0.2, 0) is 11.0 Å². The molecule has 34 heavy (non-hydrogen) atoms. The molecule has 5 nitrogen and oxygen atoms in total. The number of aliphatic hydroxyl groups excluding tert-OH is 1. The van der Waals surface area contributed by atoms with Crippen molar-refractivity contribution in [1.82, 2.24) is 9.88 Å². The van der Waals surface area contributed by atoms with E-state index in [1.54, 1.807) is 6.20 Å². The predicted molar refractivity (Wildman–Crippen MR) is 121 cm³/mol. The van der Waals surface area contributed by atoms with Gasteiger partial charge in [0, 0.05) is 41.6 Å². The van der Waals surface area contributed by atoms with E-state index in [1.165, 1.54) is 24.3 Å². The van der Waals surface area contributed by atoms with Crippen LogP contribution >= 0.6 is 0 Å². The summed E-state index contributed by atoms with van der Waals surface area (Å²) in [5.41, 5.74) is -2.19. The number of amides is 1. The van der Waals surface area contributed by atoms with Crippen LogP contribution in [0.2, 0.25) is 0 Å². The Morgan fingerprint density at radius 2 is 1.68 bits per heavy atom. The Labute approximate surface area is 197 Å². The summed E-state index contributed by atoms with van der Waals surface area (Å²) in [6, 6.07) is 11.1. The van der Waals surface area contributed by atoms with E-state index in [0.717, 1.165) is 44.2 Å². The van der Waals surface area contributed by atoms with Crippen molar-refractivity contribution >= 4 is 5.91 Å². The lowest BCUT2D eigenvalue weighted by Gasteiger charge is -2.43. The topological polar surface area (TPSA) is 73.7 Å². The summed E-state index contributed by atoms with van der Waals surface area (Å²) >= 11 is 0. The molecular formula is C26H31F3N2O3. The number of halogens is 3. The quantitative estimate of drug-likeness (QED) is 0.607. The van der Waals surface area contributed by atoms with Crippen LogP contribution in [0.5, 0.6) is 0 Å². The number of aliphatic hydroxyl groups is 2. The standard InChI is InChI=1S/C26H31F3N2O3/c1-24(34,26(27,28)29)19-7-5-18(6-8-19)23(33)31(20-9-10-20)21-11-13-25(14-12-21,15-17-32)22-4-2-3-16-30-22/h2-8,16,20-21,32,34H,9-15,17H2,1H3/t21?,24-,25?/m0/s1. The number of nitrogens with zero attached hydrogens (tertiary/aromatic N) is 2. The Morgan fingerprint density at radius 1 is 1.06 bits per heavy atom. The molecule has 1 amide bonds. The normalized spacial score (nSPS) is 24.9. The first-order chi connectivity index (χ1) is 16.1. The Balaban J connectivity index is 1.51. The van der Waals surface area contributed by atoms with Crippen LogP contribution in [0.3, 0.4) is 0 Å². The maximum absolute atomic E-state index is 13.4. The van der Waals surface area contributed by atoms with E-state index in [1.807, 2.05) is 23.1 Å². The van der Waals surface area contributed by atoms with Crippen molar-refractivity contribution in [3.05, 3.63) is 65.5 Å². The molecular weight excluding hydrogens is 445 g/mol. The molecule has 8 heteroatoms. The molecule has 0 bridgehead atoms. The zero-order valence-corrected chi connectivity index (χ0v) is 19.3. The summed E-state index contributed by atoms with van der Waals surface area (Å²) in [6.45, 7) is 0.781. The van der Waals surface area contributed by atoms with Gasteiger partial charge in [-0.3, -0.25) is 9.78 Å². The van der Waals surface area contributed by atoms with Crippen molar-refractivity contribution in [2.75, 3.05) is 6.61 Å². The highest BCUT2D eigenvalue weighted by molar-refractivity contribution is 5.95. The minimum absolute atomic E-state index is 0.0356. The van der Waals surface area contributed by atoms with Gasteiger partial charge in [0.05, 0.1) is 0 Å². The highest BCUT2D eigenvalue weighted by Crippen LogP contribution is 2.45. The van der Waals surface area contributed by atoms with Crippen LogP contribution in [0.4, 0.5) is 13.2 Å². The summed E-state index contributed by atoms with van der Waals surface area (Å²) in [5.74, 6) is -0.182. The average molecular weight is 477 g/mol. The van der Waals surface area contributed by atoms with Gasteiger partial charge in [0.25, 0.3) is 5.91 Å². The Bertz CT molecular complexity index is 981. The third-order valence-electron chi connectivity index (χ3n) is 7.52. The molecule has 184 valence electrons. The summed E-state index contributed by atoms with van der Waals surface area (Å²) < 4.78 is 39.5. The third-order valence-corrected chi connectivity index (χ3v) is 7.52. The average Bonchev–Trinajstić information content (AvgIpc) is 3.65. The number of carbonyl (C=O) groups is 1. The van der Waals surface area contributed by atoms with Crippen molar-refractivity contribution in [1.29, 1.82) is 0 Å². The van der Waals surface area contributed by atoms with Gasteiger partial charge < -0.3 is 15.1 Å². The van der Waals surface area contributed by atoms with Gasteiger partial charge in [-0.15, -0.1) is 0 Å². The van der Waals surface area contributed by atoms with Gasteiger partial charge in [-0.2, -0.15) is 13.2 Å². The number of alkyl halides is 3. The molecule has 2 N–H and O–H groups in total. The molecule has 2 aromatic rings. The van der Waals surface area contributed by atoms with Crippen LogP contribution in [0.25, 0.3) is 0 Å². The predicted octanol–water partition coefficient (Wildman–Crippen LogP) is 4.72. The van der Waals surface area contributed by atoms with E-state index in [-0.39, 0.29) is 35.6 Å². The monoisotopic (exact) mass is 476 g/mol. The van der Waals surface area contributed by atoms with Gasteiger partial charge in [-0.1, -0.05) is 18.2 Å². The molecule has 0 saturated heterocycles. The second-order valence-corrected chi connectivity index (χ2v) is 9.79. The lowest BCUT2D eigenvalue weighted by atomic mass is 9.68. The molecule has 0 aliphatic heterocycles. The summed E-state index contributed by atoms with van der Waals surface area (Å²) in [6.07, 6.45) is 2.58. The number of hydrogen-bond acceptors (Lipinski definition) is 4. The van der Waals surface area contributed by atoms with E-state index < -0.39 is 11.8 Å². The maximum Gasteiger partial charge on any atom is 0.421 e. The molecule has 1 aromatic carbocycles. The lowest BCUT2D eigenvalue weighted by Crippen LogP contribution is -2.47. The van der Waals surface area contributed by atoms with Crippen LogP contribution in [0.1, 0.15) is 73.5 Å². The molecule has 1 heterocycles. The summed E-state index contributed by atoms with van der Waals surface area (Å²) in [5, 5.41) is 19.6. The van der Waals surface area contributed by atoms with Gasteiger partial charge in [0.15, 0.2) is 5.60 Å². The van der Waals surface area contributed by atoms with Crippen LogP contribution in [-0.4, -0.2) is 50.9 Å². The van der Waals surface area contributed by atoms with E-state index in [4.69, 9.17) is 0 Å². The summed E-state index contributed by atoms with van der Waals surface area (Å²) in [4.78, 5) is 19.9. The van der Waals surface area contributed by atoms with Gasteiger partial charge in [-0.25, -0.2) is 0 Å². The molecule has 0 radical (unpaired) electrons. The molecule has 0 spiro atoms. The van der Waals surface area contributed by atoms with E-state index in [9.17, 15) is 28.2 Å². The second kappa shape index (κ2) is 9.30. The van der Waals surface area contributed by atoms with E-state index >= 15 is 0 Å². The van der Waals surface area contributed by atoms with Crippen molar-refractivity contribution in [3.63, 3.8) is 0 Å². The molecule has 2 aliphatic rings. The zero-order chi connectivity index (χ0) is 24.6. The van der Waals surface area contributed by atoms with Crippen molar-refractivity contribution in [2.24, 2.45) is 0 Å². The molecule has 4 rings (SSSR count). The Morgan fingerprint density at radius 3 is 2.18 bits per heavy atom. The second-order valence-electron chi connectivity index (χ2n) is 9.79. The fraction of sp³-hybridized carbons (Fsp3) is 0.538. The first-order valence-corrected chi connectivity index (χ1v) is 11.8. The Kier molecular flexibility index (Phi) is 6.75. The number of hydrogen-bond donors (Lipinski definition) is 2. The molecule has 1 atom stereocenters. The van der Waals surface area contributed by atoms with Crippen LogP contribution in [0, 0.1) is 0 Å². The van der Waals surface area contributed by atoms with Crippen molar-refractivity contribution in [2.45, 2.75) is 81.1 Å². The maximum atomic E-state index is 13.4. The largest absolute Gasteiger partial charge is 0.421 e. The smallest absolute Gasteiger partial charge is 0.396 e. The minimum Gasteiger partial charge on any atom is -0.396 e.